The predicted octanol–water partition coefficient (Wildman–Crippen LogP) is -0.257. The van der Waals surface area contributed by atoms with E-state index in [2.05, 4.69) is 10.6 Å². The van der Waals surface area contributed by atoms with Crippen molar-refractivity contribution in [2.45, 2.75) is 25.0 Å². The number of rotatable bonds is 9. The lowest BCUT2D eigenvalue weighted by atomic mass is 10.3. The molecule has 2 unspecified atom stereocenters. The summed E-state index contributed by atoms with van der Waals surface area (Å²) in [4.78, 5) is 0. The van der Waals surface area contributed by atoms with Crippen molar-refractivity contribution in [1.29, 1.82) is 0 Å². The molecule has 2 heterocycles. The summed E-state index contributed by atoms with van der Waals surface area (Å²) in [6.45, 7) is 6.20. The van der Waals surface area contributed by atoms with Gasteiger partial charge in [0.1, 0.15) is 0 Å². The Labute approximate surface area is 85.3 Å². The normalized spacial score (nSPS) is 29.1. The smallest absolute Gasteiger partial charge is 0.0933 e. The van der Waals surface area contributed by atoms with Crippen molar-refractivity contribution in [2.75, 3.05) is 39.4 Å². The number of nitrogens with one attached hydrogen (secondary N) is 2. The fourth-order valence-corrected chi connectivity index (χ4v) is 1.40. The highest BCUT2D eigenvalue weighted by molar-refractivity contribution is 4.72. The summed E-state index contributed by atoms with van der Waals surface area (Å²) >= 11 is 0. The molecule has 0 spiro atoms. The topological polar surface area (TPSA) is 49.1 Å². The molecule has 2 atom stereocenters. The molecule has 0 amide bonds. The van der Waals surface area contributed by atoms with E-state index in [1.807, 2.05) is 0 Å². The second kappa shape index (κ2) is 5.66. The summed E-state index contributed by atoms with van der Waals surface area (Å²) in [5.74, 6) is 0. The average molecular weight is 200 g/mol. The van der Waals surface area contributed by atoms with Crippen LogP contribution in [0.25, 0.3) is 0 Å². The summed E-state index contributed by atoms with van der Waals surface area (Å²) < 4.78 is 10.2. The molecule has 0 radical (unpaired) electrons. The molecule has 14 heavy (non-hydrogen) atoms. The fraction of sp³-hybridized carbons (Fsp3) is 1.00. The van der Waals surface area contributed by atoms with E-state index >= 15 is 0 Å². The van der Waals surface area contributed by atoms with Gasteiger partial charge in [-0.2, -0.15) is 0 Å². The minimum Gasteiger partial charge on any atom is -0.372 e. The molecule has 2 N–H and O–H groups in total. The summed E-state index contributed by atoms with van der Waals surface area (Å²) in [5, 5.41) is 6.76. The van der Waals surface area contributed by atoms with Gasteiger partial charge in [0.15, 0.2) is 0 Å². The first-order valence-corrected chi connectivity index (χ1v) is 5.60. The van der Waals surface area contributed by atoms with Gasteiger partial charge in [-0.1, -0.05) is 0 Å². The molecule has 0 bridgehead atoms. The van der Waals surface area contributed by atoms with Crippen LogP contribution in [0.15, 0.2) is 0 Å². The van der Waals surface area contributed by atoms with Gasteiger partial charge in [-0.25, -0.2) is 0 Å². The molecule has 2 aliphatic heterocycles. The number of ether oxygens (including phenoxy) is 2. The van der Waals surface area contributed by atoms with Gasteiger partial charge in [0.2, 0.25) is 0 Å². The Morgan fingerprint density at radius 1 is 0.857 bits per heavy atom. The molecule has 4 nitrogen and oxygen atoms in total. The second-order valence-electron chi connectivity index (χ2n) is 4.03. The Balaban J connectivity index is 1.25. The predicted molar refractivity (Wildman–Crippen MR) is 54.5 cm³/mol. The number of hydrogen-bond donors (Lipinski definition) is 2. The molecule has 4 heteroatoms. The van der Waals surface area contributed by atoms with Crippen LogP contribution in [-0.4, -0.2) is 51.6 Å². The highest BCUT2D eigenvalue weighted by atomic mass is 16.6. The van der Waals surface area contributed by atoms with Gasteiger partial charge in [0.05, 0.1) is 25.4 Å². The molecule has 0 aliphatic carbocycles. The number of unbranched alkanes of at least 4 members (excludes halogenated alkanes) is 1. The highest BCUT2D eigenvalue weighted by Gasteiger charge is 2.21. The molecule has 0 aromatic carbocycles. The van der Waals surface area contributed by atoms with Crippen molar-refractivity contribution < 1.29 is 9.47 Å². The van der Waals surface area contributed by atoms with Crippen LogP contribution in [-0.2, 0) is 9.47 Å². The lowest BCUT2D eigenvalue weighted by Crippen LogP contribution is -2.24. The van der Waals surface area contributed by atoms with Gasteiger partial charge in [0, 0.05) is 13.1 Å². The number of epoxide rings is 2. The van der Waals surface area contributed by atoms with E-state index in [1.54, 1.807) is 0 Å². The van der Waals surface area contributed by atoms with Crippen LogP contribution in [0.5, 0.6) is 0 Å². The van der Waals surface area contributed by atoms with Gasteiger partial charge in [0.25, 0.3) is 0 Å². The second-order valence-corrected chi connectivity index (χ2v) is 4.03. The number of hydrogen-bond acceptors (Lipinski definition) is 4. The minimum absolute atomic E-state index is 0.514. The molecule has 0 aromatic heterocycles. The Morgan fingerprint density at radius 2 is 1.29 bits per heavy atom. The maximum Gasteiger partial charge on any atom is 0.0933 e. The van der Waals surface area contributed by atoms with Crippen molar-refractivity contribution in [1.82, 2.24) is 10.6 Å². The molecule has 2 fully saturated rings. The first kappa shape index (κ1) is 10.4. The van der Waals surface area contributed by atoms with Crippen LogP contribution >= 0.6 is 0 Å². The van der Waals surface area contributed by atoms with Crippen LogP contribution < -0.4 is 10.6 Å². The fourth-order valence-electron chi connectivity index (χ4n) is 1.40. The van der Waals surface area contributed by atoms with Gasteiger partial charge < -0.3 is 20.1 Å². The van der Waals surface area contributed by atoms with Crippen LogP contribution in [0.4, 0.5) is 0 Å². The van der Waals surface area contributed by atoms with E-state index in [4.69, 9.17) is 9.47 Å². The largest absolute Gasteiger partial charge is 0.372 e. The summed E-state index contributed by atoms with van der Waals surface area (Å²) in [5.41, 5.74) is 0. The van der Waals surface area contributed by atoms with E-state index in [9.17, 15) is 0 Å². The van der Waals surface area contributed by atoms with Crippen molar-refractivity contribution in [3.05, 3.63) is 0 Å². The van der Waals surface area contributed by atoms with E-state index in [0.29, 0.717) is 12.2 Å². The molecule has 2 aliphatic rings. The van der Waals surface area contributed by atoms with Crippen LogP contribution in [0.1, 0.15) is 12.8 Å². The Bertz CT molecular complexity index is 140. The van der Waals surface area contributed by atoms with E-state index in [-0.39, 0.29) is 0 Å². The molecule has 2 saturated heterocycles. The lowest BCUT2D eigenvalue weighted by Gasteiger charge is -2.03. The Hall–Kier alpha value is -0.160. The molecular formula is C10H20N2O2. The molecule has 82 valence electrons. The summed E-state index contributed by atoms with van der Waals surface area (Å²) in [6, 6.07) is 0. The lowest BCUT2D eigenvalue weighted by molar-refractivity contribution is 0.391. The van der Waals surface area contributed by atoms with Gasteiger partial charge >= 0.3 is 0 Å². The standard InChI is InChI=1S/C10H20N2O2/c1(3-11-5-9-7-13-9)2-4-12-6-10-8-14-10/h9-12H,1-8H2. The van der Waals surface area contributed by atoms with Crippen molar-refractivity contribution in [3.63, 3.8) is 0 Å². The monoisotopic (exact) mass is 200 g/mol. The van der Waals surface area contributed by atoms with Gasteiger partial charge in [-0.05, 0) is 25.9 Å². The highest BCUT2D eigenvalue weighted by Crippen LogP contribution is 2.06. The first-order chi connectivity index (χ1) is 6.95. The molecule has 0 aromatic rings. The third-order valence-electron chi connectivity index (χ3n) is 2.51. The van der Waals surface area contributed by atoms with E-state index in [1.165, 1.54) is 12.8 Å². The zero-order valence-corrected chi connectivity index (χ0v) is 8.63. The van der Waals surface area contributed by atoms with Crippen molar-refractivity contribution in [3.8, 4) is 0 Å². The molecule has 0 saturated carbocycles. The van der Waals surface area contributed by atoms with Gasteiger partial charge in [-0.15, -0.1) is 0 Å². The van der Waals surface area contributed by atoms with Crippen LogP contribution in [0, 0.1) is 0 Å². The first-order valence-electron chi connectivity index (χ1n) is 5.60. The van der Waals surface area contributed by atoms with Gasteiger partial charge in [-0.3, -0.25) is 0 Å². The summed E-state index contributed by atoms with van der Waals surface area (Å²) in [7, 11) is 0. The summed E-state index contributed by atoms with van der Waals surface area (Å²) in [6.07, 6.45) is 3.51. The van der Waals surface area contributed by atoms with Crippen molar-refractivity contribution >= 4 is 0 Å². The van der Waals surface area contributed by atoms with E-state index in [0.717, 1.165) is 39.4 Å². The SMILES string of the molecule is C(CCNCC1CO1)CNCC1CO1. The maximum atomic E-state index is 5.10. The quantitative estimate of drug-likeness (QED) is 0.398. The average Bonchev–Trinajstić information content (AvgIpc) is 3.00. The van der Waals surface area contributed by atoms with Crippen LogP contribution in [0.3, 0.4) is 0 Å². The Morgan fingerprint density at radius 3 is 1.64 bits per heavy atom. The molecular weight excluding hydrogens is 180 g/mol. The zero-order valence-electron chi connectivity index (χ0n) is 8.63. The maximum absolute atomic E-state index is 5.10. The third kappa shape index (κ3) is 4.91. The van der Waals surface area contributed by atoms with E-state index < -0.39 is 0 Å². The molecule has 2 rings (SSSR count). The Kier molecular flexibility index (Phi) is 4.19. The third-order valence-corrected chi connectivity index (χ3v) is 2.51. The minimum atomic E-state index is 0.514. The van der Waals surface area contributed by atoms with Crippen LogP contribution in [0.2, 0.25) is 0 Å². The zero-order chi connectivity index (χ0) is 9.64. The van der Waals surface area contributed by atoms with Crippen molar-refractivity contribution in [2.24, 2.45) is 0 Å².